The minimum absolute atomic E-state index is 0.212. The van der Waals surface area contributed by atoms with Gasteiger partial charge in [0.05, 0.1) is 6.07 Å². The standard InChI is InChI=1S/C14H19N3O/c1-11-3-4-14(18)12(9-11)13(10-15)17-7-2-5-16-6-8-17/h3-4,9,13,16,18H,2,5-8H2,1H3. The fourth-order valence-electron chi connectivity index (χ4n) is 2.37. The number of benzene rings is 1. The molecule has 0 amide bonds. The number of phenolic OH excluding ortho intramolecular Hbond substituents is 1. The molecule has 1 atom stereocenters. The predicted molar refractivity (Wildman–Crippen MR) is 70.3 cm³/mol. The van der Waals surface area contributed by atoms with Crippen molar-refractivity contribution < 1.29 is 5.11 Å². The Bertz CT molecular complexity index is 445. The van der Waals surface area contributed by atoms with Crippen molar-refractivity contribution in [1.29, 1.82) is 5.26 Å². The van der Waals surface area contributed by atoms with Crippen molar-refractivity contribution in [3.63, 3.8) is 0 Å². The zero-order valence-electron chi connectivity index (χ0n) is 10.7. The molecule has 1 fully saturated rings. The molecule has 1 aliphatic heterocycles. The lowest BCUT2D eigenvalue weighted by molar-refractivity contribution is 0.248. The molecular weight excluding hydrogens is 226 g/mol. The van der Waals surface area contributed by atoms with Gasteiger partial charge in [0, 0.05) is 25.2 Å². The quantitative estimate of drug-likeness (QED) is 0.830. The number of hydrogen-bond acceptors (Lipinski definition) is 4. The van der Waals surface area contributed by atoms with Crippen molar-refractivity contribution in [1.82, 2.24) is 10.2 Å². The molecule has 1 aromatic rings. The molecule has 4 heteroatoms. The van der Waals surface area contributed by atoms with E-state index in [0.29, 0.717) is 0 Å². The molecule has 1 aliphatic rings. The smallest absolute Gasteiger partial charge is 0.127 e. The largest absolute Gasteiger partial charge is 0.508 e. The summed E-state index contributed by atoms with van der Waals surface area (Å²) in [5, 5.41) is 22.7. The Morgan fingerprint density at radius 3 is 3.00 bits per heavy atom. The molecule has 2 N–H and O–H groups in total. The Balaban J connectivity index is 2.26. The number of nitrogens with zero attached hydrogens (tertiary/aromatic N) is 2. The van der Waals surface area contributed by atoms with E-state index in [2.05, 4.69) is 16.3 Å². The second-order valence-electron chi connectivity index (χ2n) is 4.73. The first-order valence-electron chi connectivity index (χ1n) is 6.36. The van der Waals surface area contributed by atoms with Crippen molar-refractivity contribution in [2.45, 2.75) is 19.4 Å². The molecule has 0 radical (unpaired) electrons. The summed E-state index contributed by atoms with van der Waals surface area (Å²) in [6, 6.07) is 7.40. The van der Waals surface area contributed by atoms with Gasteiger partial charge in [0.2, 0.25) is 0 Å². The van der Waals surface area contributed by atoms with E-state index in [0.717, 1.165) is 43.7 Å². The maximum atomic E-state index is 9.94. The number of aromatic hydroxyl groups is 1. The van der Waals surface area contributed by atoms with E-state index in [1.54, 1.807) is 6.07 Å². The van der Waals surface area contributed by atoms with Crippen LogP contribution in [0.4, 0.5) is 0 Å². The molecule has 0 spiro atoms. The molecule has 1 unspecified atom stereocenters. The van der Waals surface area contributed by atoms with Crippen molar-refractivity contribution in [2.24, 2.45) is 0 Å². The average Bonchev–Trinajstić information content (AvgIpc) is 2.64. The summed E-state index contributed by atoms with van der Waals surface area (Å²) in [6.45, 7) is 5.59. The maximum absolute atomic E-state index is 9.94. The normalized spacial score (nSPS) is 18.9. The van der Waals surface area contributed by atoms with Crippen LogP contribution in [0.15, 0.2) is 18.2 Å². The summed E-state index contributed by atoms with van der Waals surface area (Å²) >= 11 is 0. The van der Waals surface area contributed by atoms with Gasteiger partial charge in [-0.15, -0.1) is 0 Å². The number of phenols is 1. The molecule has 96 valence electrons. The molecule has 0 saturated carbocycles. The van der Waals surface area contributed by atoms with Gasteiger partial charge >= 0.3 is 0 Å². The Labute approximate surface area is 108 Å². The first kappa shape index (κ1) is 12.9. The van der Waals surface area contributed by atoms with Gasteiger partial charge in [-0.2, -0.15) is 5.26 Å². The van der Waals surface area contributed by atoms with Gasteiger partial charge in [-0.3, -0.25) is 4.90 Å². The van der Waals surface area contributed by atoms with Crippen LogP contribution in [-0.4, -0.2) is 36.2 Å². The number of rotatable bonds is 2. The first-order chi connectivity index (χ1) is 8.72. The molecule has 0 aliphatic carbocycles. The monoisotopic (exact) mass is 245 g/mol. The first-order valence-corrected chi connectivity index (χ1v) is 6.36. The minimum Gasteiger partial charge on any atom is -0.508 e. The molecule has 1 aromatic carbocycles. The lowest BCUT2D eigenvalue weighted by Gasteiger charge is -2.26. The third kappa shape index (κ3) is 2.81. The predicted octanol–water partition coefficient (Wildman–Crippen LogP) is 1.56. The fourth-order valence-corrected chi connectivity index (χ4v) is 2.37. The molecule has 18 heavy (non-hydrogen) atoms. The highest BCUT2D eigenvalue weighted by Gasteiger charge is 2.23. The molecule has 2 rings (SSSR count). The van der Waals surface area contributed by atoms with E-state index >= 15 is 0 Å². The lowest BCUT2D eigenvalue weighted by Crippen LogP contribution is -2.31. The van der Waals surface area contributed by atoms with Gasteiger partial charge in [-0.25, -0.2) is 0 Å². The molecule has 0 bridgehead atoms. The second-order valence-corrected chi connectivity index (χ2v) is 4.73. The van der Waals surface area contributed by atoms with Crippen molar-refractivity contribution in [2.75, 3.05) is 26.2 Å². The van der Waals surface area contributed by atoms with Gasteiger partial charge < -0.3 is 10.4 Å². The van der Waals surface area contributed by atoms with Gasteiger partial charge in [0.25, 0.3) is 0 Å². The molecular formula is C14H19N3O. The maximum Gasteiger partial charge on any atom is 0.127 e. The zero-order valence-corrected chi connectivity index (χ0v) is 10.7. The number of nitriles is 1. The number of hydrogen-bond donors (Lipinski definition) is 2. The van der Waals surface area contributed by atoms with Crippen molar-refractivity contribution >= 4 is 0 Å². The number of nitrogens with one attached hydrogen (secondary N) is 1. The fraction of sp³-hybridized carbons (Fsp3) is 0.500. The summed E-state index contributed by atoms with van der Waals surface area (Å²) < 4.78 is 0. The highest BCUT2D eigenvalue weighted by molar-refractivity contribution is 5.40. The number of aryl methyl sites for hydroxylation is 1. The lowest BCUT2D eigenvalue weighted by atomic mass is 10.0. The molecule has 0 aromatic heterocycles. The van der Waals surface area contributed by atoms with E-state index in [9.17, 15) is 10.4 Å². The van der Waals surface area contributed by atoms with Crippen molar-refractivity contribution in [3.8, 4) is 11.8 Å². The summed E-state index contributed by atoms with van der Waals surface area (Å²) in [6.07, 6.45) is 1.03. The molecule has 1 saturated heterocycles. The Kier molecular flexibility index (Phi) is 4.19. The van der Waals surface area contributed by atoms with Gasteiger partial charge in [-0.1, -0.05) is 11.6 Å². The highest BCUT2D eigenvalue weighted by atomic mass is 16.3. The Hall–Kier alpha value is -1.57. The van der Waals surface area contributed by atoms with Crippen LogP contribution in [-0.2, 0) is 0 Å². The van der Waals surface area contributed by atoms with Crippen molar-refractivity contribution in [3.05, 3.63) is 29.3 Å². The van der Waals surface area contributed by atoms with Crippen LogP contribution >= 0.6 is 0 Å². The Morgan fingerprint density at radius 2 is 2.22 bits per heavy atom. The van der Waals surface area contributed by atoms with E-state index in [4.69, 9.17) is 0 Å². The van der Waals surface area contributed by atoms with Crippen LogP contribution in [0.3, 0.4) is 0 Å². The third-order valence-electron chi connectivity index (χ3n) is 3.34. The molecule has 4 nitrogen and oxygen atoms in total. The molecule has 1 heterocycles. The van der Waals surface area contributed by atoms with Crippen LogP contribution in [0.1, 0.15) is 23.6 Å². The second kappa shape index (κ2) is 5.85. The van der Waals surface area contributed by atoms with E-state index < -0.39 is 0 Å². The topological polar surface area (TPSA) is 59.3 Å². The Morgan fingerprint density at radius 1 is 1.39 bits per heavy atom. The van der Waals surface area contributed by atoms with Gasteiger partial charge in [-0.05, 0) is 32.0 Å². The van der Waals surface area contributed by atoms with Crippen LogP contribution in [0.25, 0.3) is 0 Å². The summed E-state index contributed by atoms with van der Waals surface area (Å²) in [5.74, 6) is 0.212. The van der Waals surface area contributed by atoms with Gasteiger partial charge in [0.15, 0.2) is 0 Å². The minimum atomic E-state index is -0.357. The van der Waals surface area contributed by atoms with Crippen LogP contribution < -0.4 is 5.32 Å². The zero-order chi connectivity index (χ0) is 13.0. The van der Waals surface area contributed by atoms with E-state index in [-0.39, 0.29) is 11.8 Å². The third-order valence-corrected chi connectivity index (χ3v) is 3.34. The van der Waals surface area contributed by atoms with E-state index in [1.165, 1.54) is 0 Å². The average molecular weight is 245 g/mol. The van der Waals surface area contributed by atoms with Crippen LogP contribution in [0.2, 0.25) is 0 Å². The SMILES string of the molecule is Cc1ccc(O)c(C(C#N)N2CCCNCC2)c1. The summed E-state index contributed by atoms with van der Waals surface area (Å²) in [4.78, 5) is 2.13. The summed E-state index contributed by atoms with van der Waals surface area (Å²) in [7, 11) is 0. The van der Waals surface area contributed by atoms with Crippen LogP contribution in [0.5, 0.6) is 5.75 Å². The summed E-state index contributed by atoms with van der Waals surface area (Å²) in [5.41, 5.74) is 1.79. The van der Waals surface area contributed by atoms with E-state index in [1.807, 2.05) is 19.1 Å². The van der Waals surface area contributed by atoms with Crippen LogP contribution in [0, 0.1) is 18.3 Å². The highest BCUT2D eigenvalue weighted by Crippen LogP contribution is 2.29. The van der Waals surface area contributed by atoms with Gasteiger partial charge in [0.1, 0.15) is 11.8 Å².